The largest absolute Gasteiger partial charge is 0.309 e. The highest BCUT2D eigenvalue weighted by atomic mass is 32.2. The van der Waals surface area contributed by atoms with E-state index in [4.69, 9.17) is 0 Å². The van der Waals surface area contributed by atoms with Gasteiger partial charge in [0.15, 0.2) is 9.84 Å². The van der Waals surface area contributed by atoms with Crippen molar-refractivity contribution in [2.24, 2.45) is 0 Å². The van der Waals surface area contributed by atoms with E-state index in [1.54, 1.807) is 12.1 Å². The first-order valence-electron chi connectivity index (χ1n) is 6.87. The summed E-state index contributed by atoms with van der Waals surface area (Å²) in [6.45, 7) is 4.17. The van der Waals surface area contributed by atoms with Crippen molar-refractivity contribution >= 4 is 9.84 Å². The molecule has 0 saturated carbocycles. The molecule has 0 radical (unpaired) electrons. The summed E-state index contributed by atoms with van der Waals surface area (Å²) in [5.74, 6) is 0. The van der Waals surface area contributed by atoms with Gasteiger partial charge in [-0.15, -0.1) is 0 Å². The van der Waals surface area contributed by atoms with E-state index in [0.717, 1.165) is 5.56 Å². The average molecular weight is 303 g/mol. The van der Waals surface area contributed by atoms with Gasteiger partial charge in [-0.1, -0.05) is 35.9 Å². The number of hydrogen-bond donors (Lipinski definition) is 1. The van der Waals surface area contributed by atoms with Crippen LogP contribution in [0.25, 0.3) is 0 Å². The minimum absolute atomic E-state index is 0.0548. The van der Waals surface area contributed by atoms with Crippen LogP contribution in [0, 0.1) is 13.8 Å². The highest BCUT2D eigenvalue weighted by molar-refractivity contribution is 7.90. The molecule has 0 aliphatic heterocycles. The number of aryl methyl sites for hydroxylation is 2. The molecule has 21 heavy (non-hydrogen) atoms. The monoisotopic (exact) mass is 303 g/mol. The molecule has 3 nitrogen and oxygen atoms in total. The summed E-state index contributed by atoms with van der Waals surface area (Å²) < 4.78 is 23.1. The van der Waals surface area contributed by atoms with E-state index in [1.165, 1.54) is 22.9 Å². The summed E-state index contributed by atoms with van der Waals surface area (Å²) in [6, 6.07) is 13.5. The molecule has 0 spiro atoms. The molecular formula is C17H21NO2S. The van der Waals surface area contributed by atoms with Crippen molar-refractivity contribution in [2.45, 2.75) is 24.8 Å². The Morgan fingerprint density at radius 1 is 1.00 bits per heavy atom. The van der Waals surface area contributed by atoms with E-state index < -0.39 is 9.84 Å². The van der Waals surface area contributed by atoms with Crippen molar-refractivity contribution in [3.8, 4) is 0 Å². The maximum absolute atomic E-state index is 11.5. The second kappa shape index (κ2) is 6.00. The molecule has 0 aliphatic carbocycles. The molecule has 112 valence electrons. The lowest BCUT2D eigenvalue weighted by atomic mass is 9.94. The molecule has 0 aromatic heterocycles. The van der Waals surface area contributed by atoms with Crippen molar-refractivity contribution in [3.05, 3.63) is 64.7 Å². The van der Waals surface area contributed by atoms with Crippen molar-refractivity contribution in [1.29, 1.82) is 0 Å². The van der Waals surface area contributed by atoms with E-state index in [1.807, 2.05) is 19.2 Å². The first-order valence-corrected chi connectivity index (χ1v) is 8.76. The number of nitrogens with one attached hydrogen (secondary N) is 1. The summed E-state index contributed by atoms with van der Waals surface area (Å²) >= 11 is 0. The van der Waals surface area contributed by atoms with Gasteiger partial charge >= 0.3 is 0 Å². The fraction of sp³-hybridized carbons (Fsp3) is 0.294. The zero-order valence-electron chi connectivity index (χ0n) is 12.8. The minimum atomic E-state index is -3.15. The van der Waals surface area contributed by atoms with Gasteiger partial charge in [0.1, 0.15) is 0 Å². The molecule has 1 N–H and O–H groups in total. The molecule has 2 rings (SSSR count). The van der Waals surface area contributed by atoms with E-state index in [0.29, 0.717) is 4.90 Å². The maximum Gasteiger partial charge on any atom is 0.175 e. The van der Waals surface area contributed by atoms with Gasteiger partial charge < -0.3 is 5.32 Å². The van der Waals surface area contributed by atoms with Crippen LogP contribution in [0.2, 0.25) is 0 Å². The second-order valence-corrected chi connectivity index (χ2v) is 7.44. The van der Waals surface area contributed by atoms with Gasteiger partial charge in [0.25, 0.3) is 0 Å². The zero-order valence-corrected chi connectivity index (χ0v) is 13.7. The van der Waals surface area contributed by atoms with Crippen LogP contribution in [0.15, 0.2) is 47.4 Å². The van der Waals surface area contributed by atoms with E-state index in [-0.39, 0.29) is 6.04 Å². The molecule has 0 bridgehead atoms. The zero-order chi connectivity index (χ0) is 15.6. The molecule has 1 atom stereocenters. The summed E-state index contributed by atoms with van der Waals surface area (Å²) in [6.07, 6.45) is 1.22. The SMILES string of the molecule is CNC(c1ccc(S(C)(=O)=O)cc1)c1ccc(C)cc1C. The van der Waals surface area contributed by atoms with Crippen LogP contribution in [0.4, 0.5) is 0 Å². The van der Waals surface area contributed by atoms with Crippen LogP contribution in [0.3, 0.4) is 0 Å². The average Bonchev–Trinajstić information content (AvgIpc) is 2.41. The highest BCUT2D eigenvalue weighted by Gasteiger charge is 2.15. The quantitative estimate of drug-likeness (QED) is 0.944. The molecule has 0 fully saturated rings. The summed E-state index contributed by atoms with van der Waals surface area (Å²) in [5, 5.41) is 3.30. The Bertz CT molecular complexity index is 734. The second-order valence-electron chi connectivity index (χ2n) is 5.42. The van der Waals surface area contributed by atoms with E-state index in [9.17, 15) is 8.42 Å². The Hall–Kier alpha value is -1.65. The van der Waals surface area contributed by atoms with Crippen LogP contribution in [0.5, 0.6) is 0 Å². The van der Waals surface area contributed by atoms with Crippen LogP contribution in [-0.4, -0.2) is 21.7 Å². The molecule has 4 heteroatoms. The highest BCUT2D eigenvalue weighted by Crippen LogP contribution is 2.26. The number of benzene rings is 2. The van der Waals surface area contributed by atoms with Crippen LogP contribution >= 0.6 is 0 Å². The smallest absolute Gasteiger partial charge is 0.175 e. The lowest BCUT2D eigenvalue weighted by Crippen LogP contribution is -2.18. The molecule has 0 aliphatic rings. The van der Waals surface area contributed by atoms with Gasteiger partial charge in [-0.05, 0) is 49.7 Å². The van der Waals surface area contributed by atoms with Crippen LogP contribution in [-0.2, 0) is 9.84 Å². The van der Waals surface area contributed by atoms with Gasteiger partial charge in [-0.3, -0.25) is 0 Å². The minimum Gasteiger partial charge on any atom is -0.309 e. The molecule has 2 aromatic rings. The first kappa shape index (κ1) is 15.7. The number of hydrogen-bond acceptors (Lipinski definition) is 3. The molecular weight excluding hydrogens is 282 g/mol. The predicted octanol–water partition coefficient (Wildman–Crippen LogP) is 3.02. The fourth-order valence-corrected chi connectivity index (χ4v) is 3.19. The Labute approximate surface area is 126 Å². The molecule has 0 saturated heterocycles. The third-order valence-corrected chi connectivity index (χ3v) is 4.80. The fourth-order valence-electron chi connectivity index (χ4n) is 2.56. The predicted molar refractivity (Wildman–Crippen MR) is 86.4 cm³/mol. The summed E-state index contributed by atoms with van der Waals surface area (Å²) in [4.78, 5) is 0.349. The Balaban J connectivity index is 2.42. The lowest BCUT2D eigenvalue weighted by Gasteiger charge is -2.20. The number of sulfone groups is 1. The third-order valence-electron chi connectivity index (χ3n) is 3.67. The van der Waals surface area contributed by atoms with Crippen molar-refractivity contribution < 1.29 is 8.42 Å². The maximum atomic E-state index is 11.5. The molecule has 1 unspecified atom stereocenters. The Morgan fingerprint density at radius 2 is 1.62 bits per heavy atom. The van der Waals surface area contributed by atoms with E-state index in [2.05, 4.69) is 37.4 Å². The van der Waals surface area contributed by atoms with Crippen molar-refractivity contribution in [2.75, 3.05) is 13.3 Å². The van der Waals surface area contributed by atoms with Gasteiger partial charge in [0.05, 0.1) is 10.9 Å². The Morgan fingerprint density at radius 3 is 2.10 bits per heavy atom. The number of rotatable bonds is 4. The molecule has 0 heterocycles. The Kier molecular flexibility index (Phi) is 4.49. The molecule has 2 aromatic carbocycles. The standard InChI is InChI=1S/C17H21NO2S/c1-12-5-10-16(13(2)11-12)17(18-3)14-6-8-15(9-7-14)21(4,19)20/h5-11,17-18H,1-4H3. The van der Waals surface area contributed by atoms with Crippen LogP contribution < -0.4 is 5.32 Å². The summed E-state index contributed by atoms with van der Waals surface area (Å²) in [5.41, 5.74) is 4.71. The van der Waals surface area contributed by atoms with Crippen molar-refractivity contribution in [1.82, 2.24) is 5.32 Å². The van der Waals surface area contributed by atoms with E-state index >= 15 is 0 Å². The van der Waals surface area contributed by atoms with Gasteiger partial charge in [0, 0.05) is 6.26 Å². The summed E-state index contributed by atoms with van der Waals surface area (Å²) in [7, 11) is -1.24. The molecule has 0 amide bonds. The van der Waals surface area contributed by atoms with Gasteiger partial charge in [-0.25, -0.2) is 8.42 Å². The first-order chi connectivity index (χ1) is 9.82. The normalized spacial score (nSPS) is 13.1. The third kappa shape index (κ3) is 3.52. The lowest BCUT2D eigenvalue weighted by molar-refractivity contribution is 0.601. The van der Waals surface area contributed by atoms with Crippen molar-refractivity contribution in [3.63, 3.8) is 0 Å². The topological polar surface area (TPSA) is 46.2 Å². The van der Waals surface area contributed by atoms with Gasteiger partial charge in [0.2, 0.25) is 0 Å². The van der Waals surface area contributed by atoms with Gasteiger partial charge in [-0.2, -0.15) is 0 Å². The van der Waals surface area contributed by atoms with Crippen LogP contribution in [0.1, 0.15) is 28.3 Å².